The summed E-state index contributed by atoms with van der Waals surface area (Å²) in [5.74, 6) is 0.102. The Labute approximate surface area is 155 Å². The molecule has 0 unspecified atom stereocenters. The highest BCUT2D eigenvalue weighted by Gasteiger charge is 2.29. The van der Waals surface area contributed by atoms with Crippen molar-refractivity contribution in [3.63, 3.8) is 0 Å². The standard InChI is InChI=1S/C19H18N6O2/c1-25-11-15(9-22-25)14-6-16(10-20-8-14)23-19(27)13-4-5-21-17(7-13)24-18(26)12-2-3-12/h4-12H,2-3H2,1H3,(H,23,27)(H,21,24,26). The Hall–Kier alpha value is -3.55. The summed E-state index contributed by atoms with van der Waals surface area (Å²) < 4.78 is 1.70. The van der Waals surface area contributed by atoms with E-state index in [0.29, 0.717) is 17.1 Å². The summed E-state index contributed by atoms with van der Waals surface area (Å²) in [6.07, 6.45) is 10.2. The molecule has 3 aromatic rings. The number of aryl methyl sites for hydroxylation is 1. The molecule has 0 spiro atoms. The molecule has 8 heteroatoms. The zero-order valence-electron chi connectivity index (χ0n) is 14.7. The van der Waals surface area contributed by atoms with Gasteiger partial charge in [-0.1, -0.05) is 0 Å². The summed E-state index contributed by atoms with van der Waals surface area (Å²) in [7, 11) is 1.84. The second kappa shape index (κ2) is 6.99. The molecule has 1 fully saturated rings. The van der Waals surface area contributed by atoms with Gasteiger partial charge >= 0.3 is 0 Å². The van der Waals surface area contributed by atoms with E-state index in [9.17, 15) is 9.59 Å². The fourth-order valence-electron chi connectivity index (χ4n) is 2.65. The maximum atomic E-state index is 12.6. The second-order valence-corrected chi connectivity index (χ2v) is 6.51. The minimum Gasteiger partial charge on any atom is -0.321 e. The summed E-state index contributed by atoms with van der Waals surface area (Å²) in [6, 6.07) is 4.99. The Kier molecular flexibility index (Phi) is 4.37. The molecule has 1 saturated carbocycles. The Morgan fingerprint density at radius 3 is 2.70 bits per heavy atom. The van der Waals surface area contributed by atoms with Crippen molar-refractivity contribution in [3.05, 3.63) is 54.7 Å². The average Bonchev–Trinajstić information content (AvgIpc) is 3.43. The summed E-state index contributed by atoms with van der Waals surface area (Å²) >= 11 is 0. The molecule has 0 aliphatic heterocycles. The van der Waals surface area contributed by atoms with E-state index in [1.807, 2.05) is 19.3 Å². The lowest BCUT2D eigenvalue weighted by atomic mass is 10.1. The number of carbonyl (C=O) groups excluding carboxylic acids is 2. The van der Waals surface area contributed by atoms with Gasteiger partial charge in [0.05, 0.1) is 18.1 Å². The van der Waals surface area contributed by atoms with Crippen molar-refractivity contribution in [3.8, 4) is 11.1 Å². The molecule has 3 aromatic heterocycles. The van der Waals surface area contributed by atoms with Gasteiger partial charge in [0.25, 0.3) is 5.91 Å². The van der Waals surface area contributed by atoms with Crippen LogP contribution in [0.3, 0.4) is 0 Å². The van der Waals surface area contributed by atoms with E-state index in [4.69, 9.17) is 0 Å². The van der Waals surface area contributed by atoms with Crippen LogP contribution < -0.4 is 10.6 Å². The maximum Gasteiger partial charge on any atom is 0.255 e. The third-order valence-electron chi connectivity index (χ3n) is 4.26. The van der Waals surface area contributed by atoms with E-state index in [2.05, 4.69) is 25.7 Å². The first-order valence-electron chi connectivity index (χ1n) is 8.61. The van der Waals surface area contributed by atoms with E-state index in [1.165, 1.54) is 6.20 Å². The third-order valence-corrected chi connectivity index (χ3v) is 4.26. The van der Waals surface area contributed by atoms with Gasteiger partial charge in [0, 0.05) is 48.2 Å². The second-order valence-electron chi connectivity index (χ2n) is 6.51. The van der Waals surface area contributed by atoms with Crippen LogP contribution in [0.4, 0.5) is 11.5 Å². The van der Waals surface area contributed by atoms with Gasteiger partial charge < -0.3 is 10.6 Å². The lowest BCUT2D eigenvalue weighted by molar-refractivity contribution is -0.117. The van der Waals surface area contributed by atoms with Crippen molar-refractivity contribution in [1.82, 2.24) is 19.7 Å². The molecule has 2 N–H and O–H groups in total. The van der Waals surface area contributed by atoms with Gasteiger partial charge in [0.2, 0.25) is 5.91 Å². The van der Waals surface area contributed by atoms with Crippen LogP contribution in [0.15, 0.2) is 49.2 Å². The van der Waals surface area contributed by atoms with Gasteiger partial charge in [-0.2, -0.15) is 5.10 Å². The van der Waals surface area contributed by atoms with E-state index in [0.717, 1.165) is 24.0 Å². The van der Waals surface area contributed by atoms with Crippen molar-refractivity contribution in [1.29, 1.82) is 0 Å². The molecule has 8 nitrogen and oxygen atoms in total. The van der Waals surface area contributed by atoms with Crippen molar-refractivity contribution in [2.24, 2.45) is 13.0 Å². The SMILES string of the molecule is Cn1cc(-c2cncc(NC(=O)c3ccnc(NC(=O)C4CC4)c3)c2)cn1. The molecule has 0 bridgehead atoms. The van der Waals surface area contributed by atoms with Gasteiger partial charge in [-0.25, -0.2) is 4.98 Å². The average molecular weight is 362 g/mol. The smallest absolute Gasteiger partial charge is 0.255 e. The molecule has 0 aromatic carbocycles. The Morgan fingerprint density at radius 2 is 1.96 bits per heavy atom. The van der Waals surface area contributed by atoms with Gasteiger partial charge in [0.1, 0.15) is 5.82 Å². The zero-order chi connectivity index (χ0) is 18.8. The molecular weight excluding hydrogens is 344 g/mol. The molecule has 27 heavy (non-hydrogen) atoms. The fourth-order valence-corrected chi connectivity index (χ4v) is 2.65. The first kappa shape index (κ1) is 16.9. The number of carbonyl (C=O) groups is 2. The van der Waals surface area contributed by atoms with Crippen LogP contribution in [0.25, 0.3) is 11.1 Å². The van der Waals surface area contributed by atoms with Crippen LogP contribution in [0.2, 0.25) is 0 Å². The summed E-state index contributed by atoms with van der Waals surface area (Å²) in [5, 5.41) is 9.71. The van der Waals surface area contributed by atoms with Gasteiger partial charge in [-0.15, -0.1) is 0 Å². The number of aromatic nitrogens is 4. The minimum atomic E-state index is -0.301. The fraction of sp³-hybridized carbons (Fsp3) is 0.211. The lowest BCUT2D eigenvalue weighted by Gasteiger charge is -2.08. The topological polar surface area (TPSA) is 102 Å². The number of amides is 2. The molecule has 2 amide bonds. The van der Waals surface area contributed by atoms with Crippen LogP contribution in [-0.2, 0) is 11.8 Å². The number of hydrogen-bond acceptors (Lipinski definition) is 5. The quantitative estimate of drug-likeness (QED) is 0.726. The normalized spacial score (nSPS) is 13.2. The van der Waals surface area contributed by atoms with Crippen molar-refractivity contribution < 1.29 is 9.59 Å². The number of nitrogens with zero attached hydrogens (tertiary/aromatic N) is 4. The van der Waals surface area contributed by atoms with Crippen LogP contribution in [0, 0.1) is 5.92 Å². The monoisotopic (exact) mass is 362 g/mol. The van der Waals surface area contributed by atoms with Crippen LogP contribution in [-0.4, -0.2) is 31.6 Å². The van der Waals surface area contributed by atoms with Gasteiger partial charge in [-0.3, -0.25) is 19.3 Å². The van der Waals surface area contributed by atoms with E-state index >= 15 is 0 Å². The molecule has 1 aliphatic carbocycles. The molecule has 0 radical (unpaired) electrons. The minimum absolute atomic E-state index is 0.0478. The van der Waals surface area contributed by atoms with E-state index in [-0.39, 0.29) is 17.7 Å². The maximum absolute atomic E-state index is 12.6. The molecule has 4 rings (SSSR count). The molecular formula is C19H18N6O2. The number of rotatable bonds is 5. The summed E-state index contributed by atoms with van der Waals surface area (Å²) in [4.78, 5) is 32.7. The number of hydrogen-bond donors (Lipinski definition) is 2. The predicted molar refractivity (Wildman–Crippen MR) is 100.0 cm³/mol. The number of nitrogens with one attached hydrogen (secondary N) is 2. The van der Waals surface area contributed by atoms with E-state index < -0.39 is 0 Å². The van der Waals surface area contributed by atoms with Crippen LogP contribution in [0.1, 0.15) is 23.2 Å². The predicted octanol–water partition coefficient (Wildman–Crippen LogP) is 2.48. The highest BCUT2D eigenvalue weighted by atomic mass is 16.2. The Morgan fingerprint density at radius 1 is 1.11 bits per heavy atom. The summed E-state index contributed by atoms with van der Waals surface area (Å²) in [6.45, 7) is 0. The van der Waals surface area contributed by atoms with E-state index in [1.54, 1.807) is 35.4 Å². The van der Waals surface area contributed by atoms with Crippen molar-refractivity contribution >= 4 is 23.3 Å². The molecule has 1 aliphatic rings. The Balaban J connectivity index is 1.48. The number of anilines is 2. The largest absolute Gasteiger partial charge is 0.321 e. The van der Waals surface area contributed by atoms with Gasteiger partial charge in [-0.05, 0) is 31.0 Å². The third kappa shape index (κ3) is 4.00. The molecule has 3 heterocycles. The lowest BCUT2D eigenvalue weighted by Crippen LogP contribution is -2.16. The highest BCUT2D eigenvalue weighted by Crippen LogP contribution is 2.30. The van der Waals surface area contributed by atoms with Crippen molar-refractivity contribution in [2.75, 3.05) is 10.6 Å². The molecule has 0 atom stereocenters. The summed E-state index contributed by atoms with van der Waals surface area (Å²) in [5.41, 5.74) is 2.74. The number of pyridine rings is 2. The molecule has 0 saturated heterocycles. The molecule has 136 valence electrons. The van der Waals surface area contributed by atoms with Crippen LogP contribution >= 0.6 is 0 Å². The van der Waals surface area contributed by atoms with Crippen LogP contribution in [0.5, 0.6) is 0 Å². The highest BCUT2D eigenvalue weighted by molar-refractivity contribution is 6.05. The first-order valence-corrected chi connectivity index (χ1v) is 8.61. The van der Waals surface area contributed by atoms with Gasteiger partial charge in [0.15, 0.2) is 0 Å². The Bertz CT molecular complexity index is 1010. The van der Waals surface area contributed by atoms with Crippen molar-refractivity contribution in [2.45, 2.75) is 12.8 Å². The first-order chi connectivity index (χ1) is 13.1. The zero-order valence-corrected chi connectivity index (χ0v) is 14.7.